The molecular weight excluding hydrogens is 202 g/mol. The van der Waals surface area contributed by atoms with Gasteiger partial charge in [0, 0.05) is 4.90 Å². The Morgan fingerprint density at radius 1 is 1.54 bits per heavy atom. The highest BCUT2D eigenvalue weighted by Gasteiger charge is 2.03. The fourth-order valence-corrected chi connectivity index (χ4v) is 2.29. The number of benzene rings is 1. The second-order valence-electron chi connectivity index (χ2n) is 2.57. The lowest BCUT2D eigenvalue weighted by Gasteiger charge is -2.03. The molecule has 68 valence electrons. The predicted molar refractivity (Wildman–Crippen MR) is 58.0 cm³/mol. The van der Waals surface area contributed by atoms with Gasteiger partial charge in [0.15, 0.2) is 0 Å². The molecule has 0 saturated heterocycles. The van der Waals surface area contributed by atoms with Crippen LogP contribution in [0.4, 0.5) is 0 Å². The van der Waals surface area contributed by atoms with Crippen LogP contribution in [0.5, 0.6) is 5.75 Å². The summed E-state index contributed by atoms with van der Waals surface area (Å²) in [5.74, 6) is 0.865. The zero-order valence-electron chi connectivity index (χ0n) is 7.15. The summed E-state index contributed by atoms with van der Waals surface area (Å²) in [5, 5.41) is 0. The molecule has 4 heteroatoms. The van der Waals surface area contributed by atoms with Gasteiger partial charge in [0.05, 0.1) is 22.3 Å². The fraction of sp³-hybridized carbons (Fsp3) is 0.222. The van der Waals surface area contributed by atoms with E-state index in [0.29, 0.717) is 6.61 Å². The maximum absolute atomic E-state index is 5.39. The first-order valence-corrected chi connectivity index (χ1v) is 5.33. The van der Waals surface area contributed by atoms with Crippen molar-refractivity contribution >= 4 is 34.2 Å². The highest BCUT2D eigenvalue weighted by molar-refractivity contribution is 7.80. The molecular formula is C9H9NOS2. The van der Waals surface area contributed by atoms with Crippen LogP contribution in [0, 0.1) is 0 Å². The van der Waals surface area contributed by atoms with Crippen molar-refractivity contribution in [3.63, 3.8) is 0 Å². The van der Waals surface area contributed by atoms with Crippen LogP contribution >= 0.6 is 24.0 Å². The molecule has 0 spiro atoms. The van der Waals surface area contributed by atoms with Crippen molar-refractivity contribution in [3.05, 3.63) is 17.6 Å². The van der Waals surface area contributed by atoms with E-state index in [1.807, 2.05) is 24.6 Å². The lowest BCUT2D eigenvalue weighted by molar-refractivity contribution is 0.340. The first-order chi connectivity index (χ1) is 6.31. The molecule has 13 heavy (non-hydrogen) atoms. The Balaban J connectivity index is 2.56. The normalized spacial score (nSPS) is 10.6. The van der Waals surface area contributed by atoms with Crippen LogP contribution in [-0.2, 0) is 0 Å². The van der Waals surface area contributed by atoms with Gasteiger partial charge in [-0.15, -0.1) is 24.0 Å². The molecule has 1 heterocycles. The van der Waals surface area contributed by atoms with Gasteiger partial charge in [0.1, 0.15) is 5.75 Å². The van der Waals surface area contributed by atoms with Gasteiger partial charge in [-0.3, -0.25) is 0 Å². The van der Waals surface area contributed by atoms with Crippen molar-refractivity contribution in [1.82, 2.24) is 4.98 Å². The minimum Gasteiger partial charge on any atom is -0.494 e. The van der Waals surface area contributed by atoms with E-state index in [-0.39, 0.29) is 0 Å². The number of fused-ring (bicyclic) bond motifs is 1. The van der Waals surface area contributed by atoms with Gasteiger partial charge in [0.25, 0.3) is 0 Å². The Kier molecular flexibility index (Phi) is 2.42. The second-order valence-corrected chi connectivity index (χ2v) is 3.94. The molecule has 2 rings (SSSR count). The third-order valence-electron chi connectivity index (χ3n) is 1.70. The monoisotopic (exact) mass is 211 g/mol. The summed E-state index contributed by atoms with van der Waals surface area (Å²) in [5.41, 5.74) is 2.77. The SMILES string of the molecule is CCOc1cc(S)c2ncsc2c1. The van der Waals surface area contributed by atoms with Gasteiger partial charge in [-0.1, -0.05) is 0 Å². The van der Waals surface area contributed by atoms with Crippen molar-refractivity contribution < 1.29 is 4.74 Å². The van der Waals surface area contributed by atoms with E-state index in [4.69, 9.17) is 4.74 Å². The topological polar surface area (TPSA) is 22.1 Å². The zero-order valence-corrected chi connectivity index (χ0v) is 8.86. The van der Waals surface area contributed by atoms with Crippen LogP contribution in [0.25, 0.3) is 10.2 Å². The Morgan fingerprint density at radius 2 is 2.38 bits per heavy atom. The zero-order chi connectivity index (χ0) is 9.26. The van der Waals surface area contributed by atoms with Gasteiger partial charge in [-0.25, -0.2) is 4.98 Å². The Bertz CT molecular complexity index is 424. The van der Waals surface area contributed by atoms with Crippen molar-refractivity contribution in [3.8, 4) is 5.75 Å². The fourth-order valence-electron chi connectivity index (χ4n) is 1.17. The molecule has 0 aliphatic heterocycles. The molecule has 1 aromatic carbocycles. The molecule has 0 atom stereocenters. The van der Waals surface area contributed by atoms with E-state index in [1.165, 1.54) is 0 Å². The van der Waals surface area contributed by atoms with E-state index >= 15 is 0 Å². The summed E-state index contributed by atoms with van der Waals surface area (Å²) < 4.78 is 6.52. The summed E-state index contributed by atoms with van der Waals surface area (Å²) in [7, 11) is 0. The number of nitrogens with zero attached hydrogens (tertiary/aromatic N) is 1. The number of hydrogen-bond acceptors (Lipinski definition) is 4. The molecule has 1 aromatic heterocycles. The van der Waals surface area contributed by atoms with Crippen molar-refractivity contribution in [2.75, 3.05) is 6.61 Å². The third kappa shape index (κ3) is 1.64. The van der Waals surface area contributed by atoms with Crippen LogP contribution in [-0.4, -0.2) is 11.6 Å². The molecule has 0 aliphatic carbocycles. The summed E-state index contributed by atoms with van der Waals surface area (Å²) in [6, 6.07) is 3.89. The Labute approximate surface area is 86.0 Å². The van der Waals surface area contributed by atoms with Gasteiger partial charge < -0.3 is 4.74 Å². The van der Waals surface area contributed by atoms with Crippen LogP contribution < -0.4 is 4.74 Å². The molecule has 2 aromatic rings. The Hall–Kier alpha value is -0.740. The molecule has 2 nitrogen and oxygen atoms in total. The van der Waals surface area contributed by atoms with E-state index in [1.54, 1.807) is 11.3 Å². The summed E-state index contributed by atoms with van der Waals surface area (Å²) >= 11 is 5.94. The summed E-state index contributed by atoms with van der Waals surface area (Å²) in [6.45, 7) is 2.65. The predicted octanol–water partition coefficient (Wildman–Crippen LogP) is 2.98. The number of aromatic nitrogens is 1. The van der Waals surface area contributed by atoms with E-state index in [2.05, 4.69) is 17.6 Å². The van der Waals surface area contributed by atoms with Crippen LogP contribution in [0.2, 0.25) is 0 Å². The molecule has 0 N–H and O–H groups in total. The first-order valence-electron chi connectivity index (χ1n) is 4.00. The Morgan fingerprint density at radius 3 is 3.15 bits per heavy atom. The van der Waals surface area contributed by atoms with Crippen LogP contribution in [0.15, 0.2) is 22.5 Å². The number of thiazole rings is 1. The van der Waals surface area contributed by atoms with Gasteiger partial charge in [-0.2, -0.15) is 0 Å². The third-order valence-corrected chi connectivity index (χ3v) is 2.82. The maximum atomic E-state index is 5.39. The van der Waals surface area contributed by atoms with E-state index < -0.39 is 0 Å². The molecule has 0 fully saturated rings. The van der Waals surface area contributed by atoms with E-state index in [0.717, 1.165) is 20.9 Å². The lowest BCUT2D eigenvalue weighted by atomic mass is 10.3. The quantitative estimate of drug-likeness (QED) is 0.771. The smallest absolute Gasteiger partial charge is 0.121 e. The van der Waals surface area contributed by atoms with Crippen molar-refractivity contribution in [2.45, 2.75) is 11.8 Å². The number of ether oxygens (including phenoxy) is 1. The number of hydrogen-bond donors (Lipinski definition) is 1. The average Bonchev–Trinajstić information content (AvgIpc) is 2.53. The molecule has 0 bridgehead atoms. The van der Waals surface area contributed by atoms with Crippen molar-refractivity contribution in [1.29, 1.82) is 0 Å². The number of rotatable bonds is 2. The minimum atomic E-state index is 0.678. The first kappa shape index (κ1) is 8.84. The maximum Gasteiger partial charge on any atom is 0.121 e. The van der Waals surface area contributed by atoms with Crippen molar-refractivity contribution in [2.24, 2.45) is 0 Å². The average molecular weight is 211 g/mol. The second kappa shape index (κ2) is 3.55. The molecule has 0 aliphatic rings. The highest BCUT2D eigenvalue weighted by Crippen LogP contribution is 2.29. The molecule has 0 saturated carbocycles. The largest absolute Gasteiger partial charge is 0.494 e. The molecule has 0 amide bonds. The minimum absolute atomic E-state index is 0.678. The summed E-state index contributed by atoms with van der Waals surface area (Å²) in [4.78, 5) is 5.08. The molecule has 0 unspecified atom stereocenters. The lowest BCUT2D eigenvalue weighted by Crippen LogP contribution is -1.90. The van der Waals surface area contributed by atoms with Gasteiger partial charge >= 0.3 is 0 Å². The van der Waals surface area contributed by atoms with Crippen LogP contribution in [0.3, 0.4) is 0 Å². The van der Waals surface area contributed by atoms with Gasteiger partial charge in [0.2, 0.25) is 0 Å². The van der Waals surface area contributed by atoms with Gasteiger partial charge in [-0.05, 0) is 19.1 Å². The van der Waals surface area contributed by atoms with Crippen LogP contribution in [0.1, 0.15) is 6.92 Å². The van der Waals surface area contributed by atoms with E-state index in [9.17, 15) is 0 Å². The number of thiol groups is 1. The summed E-state index contributed by atoms with van der Waals surface area (Å²) in [6.07, 6.45) is 0. The highest BCUT2D eigenvalue weighted by atomic mass is 32.1. The standard InChI is InChI=1S/C9H9NOS2/c1-2-11-6-3-7(12)9-8(4-6)13-5-10-9/h3-5,12H,2H2,1H3. The molecule has 0 radical (unpaired) electrons.